The van der Waals surface area contributed by atoms with Crippen LogP contribution in [0.2, 0.25) is 0 Å². The van der Waals surface area contributed by atoms with Gasteiger partial charge >= 0.3 is 11.9 Å². The van der Waals surface area contributed by atoms with Crippen molar-refractivity contribution in [2.45, 2.75) is 118 Å². The van der Waals surface area contributed by atoms with E-state index in [1.165, 1.54) is 0 Å². The number of aliphatic carboxylic acids is 1. The second-order valence-corrected chi connectivity index (χ2v) is 14.7. The van der Waals surface area contributed by atoms with Gasteiger partial charge in [-0.05, 0) is 87.4 Å². The number of ether oxygens (including phenoxy) is 1. The summed E-state index contributed by atoms with van der Waals surface area (Å²) >= 11 is 0. The maximum absolute atomic E-state index is 13.3. The van der Waals surface area contributed by atoms with E-state index in [2.05, 4.69) is 20.8 Å². The second kappa shape index (κ2) is 10.7. The Kier molecular flexibility index (Phi) is 8.27. The summed E-state index contributed by atoms with van der Waals surface area (Å²) < 4.78 is 5.65. The summed E-state index contributed by atoms with van der Waals surface area (Å²) in [5.41, 5.74) is 0.419. The molecule has 0 heterocycles. The Morgan fingerprint density at radius 1 is 1.07 bits per heavy atom. The molecule has 224 valence electrons. The summed E-state index contributed by atoms with van der Waals surface area (Å²) in [6.45, 7) is 14.9. The number of carboxylic acids is 1. The highest BCUT2D eigenvalue weighted by Crippen LogP contribution is 2.74. The fourth-order valence-electron chi connectivity index (χ4n) is 10.1. The fraction of sp³-hybridized carbons (Fsp3) is 0.788. The molecule has 3 saturated carbocycles. The number of aliphatic hydroxyl groups excluding tert-OH is 2. The largest absolute Gasteiger partial charge is 0.481 e. The summed E-state index contributed by atoms with van der Waals surface area (Å²) in [5.74, 6) is -1.55. The van der Waals surface area contributed by atoms with Crippen molar-refractivity contribution >= 4 is 18.2 Å². The van der Waals surface area contributed by atoms with Crippen molar-refractivity contribution in [2.24, 2.45) is 45.3 Å². The van der Waals surface area contributed by atoms with Crippen LogP contribution in [0.3, 0.4) is 0 Å². The number of hydrogen-bond donors (Lipinski definition) is 3. The van der Waals surface area contributed by atoms with Crippen molar-refractivity contribution in [2.75, 3.05) is 0 Å². The molecule has 0 aromatic carbocycles. The summed E-state index contributed by atoms with van der Waals surface area (Å²) in [7, 11) is 0. The molecule has 3 fully saturated rings. The molecule has 0 bridgehead atoms. The SMILES string of the molecule is CC(C)=C[C@H](O)C[C@@H](C)[C@H]1CC[C@@]2(C)[C@@H]3[C@@H](O)C=C4[C@@H](CC[C@H](OC(=O)CC(=O)O)C4(C)C)[C@]3(C=O)CC[C@]12C. The summed E-state index contributed by atoms with van der Waals surface area (Å²) in [5, 5.41) is 31.6. The van der Waals surface area contributed by atoms with Gasteiger partial charge in [-0.15, -0.1) is 0 Å². The highest BCUT2D eigenvalue weighted by Gasteiger charge is 2.70. The number of carboxylic acid groups (broad SMARTS) is 1. The molecule has 4 rings (SSSR count). The maximum Gasteiger partial charge on any atom is 0.317 e. The number of aldehydes is 1. The molecule has 0 saturated heterocycles. The van der Waals surface area contributed by atoms with Crippen LogP contribution in [-0.2, 0) is 19.1 Å². The van der Waals surface area contributed by atoms with Crippen LogP contribution in [-0.4, -0.2) is 51.9 Å². The standard InChI is InChI=1S/C33H50O7/c1-19(2)14-21(35)15-20(3)22-10-11-32(7)29-25(36)16-24-23(33(29,18-34)13-12-31(22,32)6)8-9-26(30(24,4)5)40-28(39)17-27(37)38/h14,16,18,20-23,25-26,29,35-36H,8-13,15,17H2,1-7H3,(H,37,38)/t20-,21+,22-,23-,25+,26+,29+,31-,32+,33-/m1/s1. The van der Waals surface area contributed by atoms with Crippen LogP contribution in [0.5, 0.6) is 0 Å². The van der Waals surface area contributed by atoms with E-state index in [1.54, 1.807) is 0 Å². The number of carbonyl (C=O) groups excluding carboxylic acids is 2. The highest BCUT2D eigenvalue weighted by atomic mass is 16.5. The zero-order chi connectivity index (χ0) is 29.8. The van der Waals surface area contributed by atoms with Crippen LogP contribution in [0, 0.1) is 45.3 Å². The molecular formula is C33H50O7. The Hall–Kier alpha value is -1.99. The maximum atomic E-state index is 13.3. The van der Waals surface area contributed by atoms with Gasteiger partial charge in [0.15, 0.2) is 0 Å². The van der Waals surface area contributed by atoms with Crippen LogP contribution in [0.4, 0.5) is 0 Å². The first-order chi connectivity index (χ1) is 18.5. The molecule has 0 aromatic heterocycles. The van der Waals surface area contributed by atoms with Gasteiger partial charge in [-0.2, -0.15) is 0 Å². The van der Waals surface area contributed by atoms with Gasteiger partial charge in [0.05, 0.1) is 12.2 Å². The van der Waals surface area contributed by atoms with Crippen LogP contribution in [0.1, 0.15) is 99.8 Å². The van der Waals surface area contributed by atoms with Gasteiger partial charge in [-0.3, -0.25) is 9.59 Å². The molecule has 0 aliphatic heterocycles. The normalized spacial score (nSPS) is 41.3. The molecule has 0 radical (unpaired) electrons. The lowest BCUT2D eigenvalue weighted by Gasteiger charge is -2.66. The predicted molar refractivity (Wildman–Crippen MR) is 152 cm³/mol. The summed E-state index contributed by atoms with van der Waals surface area (Å²) in [6.07, 6.45) is 8.00. The molecule has 7 heteroatoms. The van der Waals surface area contributed by atoms with E-state index in [-0.39, 0.29) is 22.7 Å². The topological polar surface area (TPSA) is 121 Å². The Morgan fingerprint density at radius 2 is 1.75 bits per heavy atom. The Morgan fingerprint density at radius 3 is 2.35 bits per heavy atom. The van der Waals surface area contributed by atoms with Gasteiger partial charge in [0, 0.05) is 16.7 Å². The smallest absolute Gasteiger partial charge is 0.317 e. The number of allylic oxidation sites excluding steroid dienone is 1. The summed E-state index contributed by atoms with van der Waals surface area (Å²) in [6, 6.07) is 0. The van der Waals surface area contributed by atoms with E-state index >= 15 is 0 Å². The van der Waals surface area contributed by atoms with Crippen LogP contribution < -0.4 is 0 Å². The number of aliphatic hydroxyl groups is 2. The van der Waals surface area contributed by atoms with E-state index in [1.807, 2.05) is 39.8 Å². The third kappa shape index (κ3) is 4.79. The molecule has 10 atom stereocenters. The van der Waals surface area contributed by atoms with E-state index < -0.39 is 47.5 Å². The molecule has 0 spiro atoms. The van der Waals surface area contributed by atoms with E-state index in [9.17, 15) is 24.6 Å². The van der Waals surface area contributed by atoms with Gasteiger partial charge in [-0.1, -0.05) is 57.9 Å². The molecular weight excluding hydrogens is 508 g/mol. The monoisotopic (exact) mass is 558 g/mol. The zero-order valence-electron chi connectivity index (χ0n) is 25.4. The van der Waals surface area contributed by atoms with Gasteiger partial charge in [0.1, 0.15) is 18.8 Å². The molecule has 3 N–H and O–H groups in total. The lowest BCUT2D eigenvalue weighted by Crippen LogP contribution is -2.64. The first-order valence-corrected chi connectivity index (χ1v) is 15.1. The van der Waals surface area contributed by atoms with E-state index in [0.717, 1.165) is 36.7 Å². The van der Waals surface area contributed by atoms with Crippen molar-refractivity contribution in [3.63, 3.8) is 0 Å². The zero-order valence-corrected chi connectivity index (χ0v) is 25.4. The van der Waals surface area contributed by atoms with E-state index in [0.29, 0.717) is 37.5 Å². The van der Waals surface area contributed by atoms with Crippen molar-refractivity contribution in [3.8, 4) is 0 Å². The van der Waals surface area contributed by atoms with E-state index in [4.69, 9.17) is 9.84 Å². The average molecular weight is 559 g/mol. The predicted octanol–water partition coefficient (Wildman–Crippen LogP) is 5.48. The second-order valence-electron chi connectivity index (χ2n) is 14.7. The minimum absolute atomic E-state index is 0.0554. The van der Waals surface area contributed by atoms with Crippen molar-refractivity contribution in [1.29, 1.82) is 0 Å². The Balaban J connectivity index is 1.67. The van der Waals surface area contributed by atoms with Crippen LogP contribution >= 0.6 is 0 Å². The fourth-order valence-corrected chi connectivity index (χ4v) is 10.1. The lowest BCUT2D eigenvalue weighted by molar-refractivity contribution is -0.186. The van der Waals surface area contributed by atoms with Crippen molar-refractivity contribution < 1.29 is 34.4 Å². The van der Waals surface area contributed by atoms with Crippen molar-refractivity contribution in [3.05, 3.63) is 23.3 Å². The molecule has 0 amide bonds. The third-order valence-electron chi connectivity index (χ3n) is 12.0. The van der Waals surface area contributed by atoms with Gasteiger partial charge in [0.2, 0.25) is 0 Å². The van der Waals surface area contributed by atoms with Crippen LogP contribution in [0.15, 0.2) is 23.3 Å². The highest BCUT2D eigenvalue weighted by molar-refractivity contribution is 5.90. The molecule has 0 aromatic rings. The van der Waals surface area contributed by atoms with Crippen LogP contribution in [0.25, 0.3) is 0 Å². The quantitative estimate of drug-likeness (QED) is 0.156. The number of hydrogen-bond acceptors (Lipinski definition) is 6. The lowest BCUT2D eigenvalue weighted by atomic mass is 9.38. The minimum atomic E-state index is -1.22. The minimum Gasteiger partial charge on any atom is -0.481 e. The number of fused-ring (bicyclic) bond motifs is 5. The first-order valence-electron chi connectivity index (χ1n) is 15.1. The molecule has 4 aliphatic carbocycles. The Labute approximate surface area is 239 Å². The van der Waals surface area contributed by atoms with Gasteiger partial charge < -0.3 is 24.9 Å². The third-order valence-corrected chi connectivity index (χ3v) is 12.0. The van der Waals surface area contributed by atoms with Gasteiger partial charge in [0.25, 0.3) is 0 Å². The number of esters is 1. The number of carbonyl (C=O) groups is 3. The molecule has 0 unspecified atom stereocenters. The molecule has 4 aliphatic rings. The van der Waals surface area contributed by atoms with Gasteiger partial charge in [-0.25, -0.2) is 0 Å². The average Bonchev–Trinajstić information content (AvgIpc) is 3.11. The number of rotatable bonds is 8. The molecule has 40 heavy (non-hydrogen) atoms. The Bertz CT molecular complexity index is 1090. The van der Waals surface area contributed by atoms with Crippen molar-refractivity contribution in [1.82, 2.24) is 0 Å². The molecule has 7 nitrogen and oxygen atoms in total. The first kappa shape index (κ1) is 31.0. The summed E-state index contributed by atoms with van der Waals surface area (Å²) in [4.78, 5) is 36.6.